The Hall–Kier alpha value is -3.03. The second-order valence-electron chi connectivity index (χ2n) is 6.19. The molecule has 0 bridgehead atoms. The Balaban J connectivity index is 1.79. The van der Waals surface area contributed by atoms with Crippen LogP contribution in [0.3, 0.4) is 0 Å². The first-order valence-electron chi connectivity index (χ1n) is 8.69. The maximum absolute atomic E-state index is 13.1. The number of pyridine rings is 1. The third kappa shape index (κ3) is 3.92. The number of amides is 1. The van der Waals surface area contributed by atoms with Gasteiger partial charge in [0.15, 0.2) is 0 Å². The number of esters is 1. The number of halogens is 1. The van der Waals surface area contributed by atoms with Gasteiger partial charge in [0.1, 0.15) is 4.88 Å². The van der Waals surface area contributed by atoms with Gasteiger partial charge in [-0.05, 0) is 35.7 Å². The van der Waals surface area contributed by atoms with Gasteiger partial charge < -0.3 is 10.1 Å². The number of benzene rings is 2. The SMILES string of the molecule is COC(=O)c1sccc1NC(=O)c1cc(-c2cccc(Br)c2)nc2ccccc12. The summed E-state index contributed by atoms with van der Waals surface area (Å²) in [5.41, 5.74) is 3.21. The van der Waals surface area contributed by atoms with E-state index in [1.54, 1.807) is 17.5 Å². The molecule has 5 nitrogen and oxygen atoms in total. The van der Waals surface area contributed by atoms with E-state index in [1.165, 1.54) is 18.4 Å². The number of methoxy groups -OCH3 is 1. The maximum atomic E-state index is 13.1. The molecule has 0 saturated heterocycles. The minimum absolute atomic E-state index is 0.316. The molecule has 7 heteroatoms. The molecular weight excluding hydrogens is 452 g/mol. The lowest BCUT2D eigenvalue weighted by Gasteiger charge is -2.11. The normalized spacial score (nSPS) is 10.7. The maximum Gasteiger partial charge on any atom is 0.350 e. The number of para-hydroxylation sites is 1. The van der Waals surface area contributed by atoms with E-state index in [0.29, 0.717) is 27.3 Å². The first-order valence-corrected chi connectivity index (χ1v) is 10.4. The van der Waals surface area contributed by atoms with E-state index in [1.807, 2.05) is 48.5 Å². The molecule has 2 aromatic heterocycles. The number of anilines is 1. The molecule has 0 atom stereocenters. The highest BCUT2D eigenvalue weighted by Crippen LogP contribution is 2.29. The summed E-state index contributed by atoms with van der Waals surface area (Å²) in [7, 11) is 1.31. The van der Waals surface area contributed by atoms with Crippen LogP contribution < -0.4 is 5.32 Å². The number of carbonyl (C=O) groups is 2. The molecule has 0 radical (unpaired) electrons. The zero-order chi connectivity index (χ0) is 20.4. The monoisotopic (exact) mass is 466 g/mol. The van der Waals surface area contributed by atoms with Crippen LogP contribution >= 0.6 is 27.3 Å². The standard InChI is InChI=1S/C22H15BrN2O3S/c1-28-22(27)20-18(9-10-29-20)25-21(26)16-12-19(13-5-4-6-14(23)11-13)24-17-8-3-2-7-15(16)17/h2-12H,1H3,(H,25,26). The van der Waals surface area contributed by atoms with Gasteiger partial charge in [-0.1, -0.05) is 46.3 Å². The molecule has 0 spiro atoms. The molecule has 0 saturated carbocycles. The third-order valence-electron chi connectivity index (χ3n) is 4.37. The van der Waals surface area contributed by atoms with Crippen molar-refractivity contribution in [2.75, 3.05) is 12.4 Å². The minimum Gasteiger partial charge on any atom is -0.465 e. The van der Waals surface area contributed by atoms with E-state index in [9.17, 15) is 9.59 Å². The fraction of sp³-hybridized carbons (Fsp3) is 0.0455. The number of nitrogens with zero attached hydrogens (tertiary/aromatic N) is 1. The molecule has 29 heavy (non-hydrogen) atoms. The highest BCUT2D eigenvalue weighted by Gasteiger charge is 2.19. The summed E-state index contributed by atoms with van der Waals surface area (Å²) in [6, 6.07) is 18.7. The summed E-state index contributed by atoms with van der Waals surface area (Å²) in [6.45, 7) is 0. The van der Waals surface area contributed by atoms with E-state index in [0.717, 1.165) is 15.4 Å². The number of hydrogen-bond donors (Lipinski definition) is 1. The summed E-state index contributed by atoms with van der Waals surface area (Å²) < 4.78 is 5.71. The summed E-state index contributed by atoms with van der Waals surface area (Å²) >= 11 is 4.69. The van der Waals surface area contributed by atoms with Gasteiger partial charge >= 0.3 is 5.97 Å². The van der Waals surface area contributed by atoms with E-state index < -0.39 is 5.97 Å². The number of fused-ring (bicyclic) bond motifs is 1. The smallest absolute Gasteiger partial charge is 0.350 e. The van der Waals surface area contributed by atoms with Gasteiger partial charge in [-0.3, -0.25) is 4.79 Å². The average molecular weight is 467 g/mol. The van der Waals surface area contributed by atoms with Crippen molar-refractivity contribution in [2.24, 2.45) is 0 Å². The fourth-order valence-corrected chi connectivity index (χ4v) is 4.17. The molecule has 1 amide bonds. The zero-order valence-corrected chi connectivity index (χ0v) is 17.7. The van der Waals surface area contributed by atoms with Crippen LogP contribution in [0, 0.1) is 0 Å². The fourth-order valence-electron chi connectivity index (χ4n) is 3.01. The molecule has 4 rings (SSSR count). The van der Waals surface area contributed by atoms with Crippen LogP contribution in [0.25, 0.3) is 22.2 Å². The molecule has 1 N–H and O–H groups in total. The molecule has 0 unspecified atom stereocenters. The molecule has 0 fully saturated rings. The molecule has 4 aromatic rings. The van der Waals surface area contributed by atoms with Crippen LogP contribution in [0.4, 0.5) is 5.69 Å². The Bertz CT molecular complexity index is 1240. The van der Waals surface area contributed by atoms with Crippen LogP contribution in [0.5, 0.6) is 0 Å². The second kappa shape index (κ2) is 8.14. The molecule has 0 aliphatic carbocycles. The molecule has 2 heterocycles. The first kappa shape index (κ1) is 19.3. The molecule has 0 aliphatic heterocycles. The highest BCUT2D eigenvalue weighted by molar-refractivity contribution is 9.10. The second-order valence-corrected chi connectivity index (χ2v) is 8.02. The van der Waals surface area contributed by atoms with Gasteiger partial charge in [0, 0.05) is 15.4 Å². The Morgan fingerprint density at radius 3 is 2.69 bits per heavy atom. The van der Waals surface area contributed by atoms with E-state index in [-0.39, 0.29) is 5.91 Å². The van der Waals surface area contributed by atoms with Crippen molar-refractivity contribution in [1.82, 2.24) is 4.98 Å². The predicted molar refractivity (Wildman–Crippen MR) is 118 cm³/mol. The Morgan fingerprint density at radius 2 is 1.90 bits per heavy atom. The first-order chi connectivity index (χ1) is 14.1. The molecule has 144 valence electrons. The topological polar surface area (TPSA) is 68.3 Å². The third-order valence-corrected chi connectivity index (χ3v) is 5.75. The predicted octanol–water partition coefficient (Wildman–Crippen LogP) is 5.76. The van der Waals surface area contributed by atoms with Crippen molar-refractivity contribution in [3.05, 3.63) is 81.0 Å². The highest BCUT2D eigenvalue weighted by atomic mass is 79.9. The van der Waals surface area contributed by atoms with E-state index in [2.05, 4.69) is 21.2 Å². The van der Waals surface area contributed by atoms with Crippen molar-refractivity contribution in [1.29, 1.82) is 0 Å². The van der Waals surface area contributed by atoms with Crippen molar-refractivity contribution in [3.63, 3.8) is 0 Å². The number of aromatic nitrogens is 1. The Morgan fingerprint density at radius 1 is 1.07 bits per heavy atom. The van der Waals surface area contributed by atoms with Crippen LogP contribution in [0.1, 0.15) is 20.0 Å². The Kier molecular flexibility index (Phi) is 5.42. The lowest BCUT2D eigenvalue weighted by molar-refractivity contribution is 0.0607. The van der Waals surface area contributed by atoms with Crippen LogP contribution in [-0.4, -0.2) is 24.0 Å². The van der Waals surface area contributed by atoms with Gasteiger partial charge in [0.25, 0.3) is 5.91 Å². The van der Waals surface area contributed by atoms with Gasteiger partial charge in [-0.25, -0.2) is 9.78 Å². The number of hydrogen-bond acceptors (Lipinski definition) is 5. The molecule has 0 aliphatic rings. The Labute approximate surface area is 179 Å². The summed E-state index contributed by atoms with van der Waals surface area (Å²) in [4.78, 5) is 30.1. The van der Waals surface area contributed by atoms with Crippen molar-refractivity contribution >= 4 is 55.7 Å². The number of carbonyl (C=O) groups excluding carboxylic acids is 2. The lowest BCUT2D eigenvalue weighted by atomic mass is 10.0. The van der Waals surface area contributed by atoms with Crippen molar-refractivity contribution in [3.8, 4) is 11.3 Å². The van der Waals surface area contributed by atoms with Crippen LogP contribution in [0.15, 0.2) is 70.5 Å². The average Bonchev–Trinajstić information content (AvgIpc) is 3.20. The van der Waals surface area contributed by atoms with Gasteiger partial charge in [0.05, 0.1) is 29.6 Å². The van der Waals surface area contributed by atoms with Crippen molar-refractivity contribution in [2.45, 2.75) is 0 Å². The van der Waals surface area contributed by atoms with Crippen LogP contribution in [0.2, 0.25) is 0 Å². The quantitative estimate of drug-likeness (QED) is 0.388. The number of rotatable bonds is 4. The number of thiophene rings is 1. The summed E-state index contributed by atoms with van der Waals surface area (Å²) in [5, 5.41) is 5.31. The number of ether oxygens (including phenoxy) is 1. The lowest BCUT2D eigenvalue weighted by Crippen LogP contribution is -2.15. The largest absolute Gasteiger partial charge is 0.465 e. The van der Waals surface area contributed by atoms with Crippen LogP contribution in [-0.2, 0) is 4.74 Å². The van der Waals surface area contributed by atoms with Gasteiger partial charge in [0.2, 0.25) is 0 Å². The summed E-state index contributed by atoms with van der Waals surface area (Å²) in [6.07, 6.45) is 0. The molecular formula is C22H15BrN2O3S. The zero-order valence-electron chi connectivity index (χ0n) is 15.3. The van der Waals surface area contributed by atoms with E-state index in [4.69, 9.17) is 9.72 Å². The van der Waals surface area contributed by atoms with E-state index >= 15 is 0 Å². The summed E-state index contributed by atoms with van der Waals surface area (Å²) in [5.74, 6) is -0.798. The molecule has 2 aromatic carbocycles. The number of nitrogens with one attached hydrogen (secondary N) is 1. The van der Waals surface area contributed by atoms with Gasteiger partial charge in [-0.15, -0.1) is 11.3 Å². The van der Waals surface area contributed by atoms with Crippen molar-refractivity contribution < 1.29 is 14.3 Å². The van der Waals surface area contributed by atoms with Gasteiger partial charge in [-0.2, -0.15) is 0 Å². The minimum atomic E-state index is -0.482.